The van der Waals surface area contributed by atoms with Crippen LogP contribution in [0.1, 0.15) is 32.6 Å². The van der Waals surface area contributed by atoms with Crippen molar-refractivity contribution in [3.63, 3.8) is 0 Å². The van der Waals surface area contributed by atoms with Crippen molar-refractivity contribution in [2.45, 2.75) is 20.8 Å². The van der Waals surface area contributed by atoms with Crippen molar-refractivity contribution in [2.75, 3.05) is 7.11 Å². The number of hydrogen-bond acceptors (Lipinski definition) is 3. The Balaban J connectivity index is 2.11. The Bertz CT molecular complexity index is 747. The summed E-state index contributed by atoms with van der Waals surface area (Å²) in [5.74, 6) is 0.501. The minimum atomic E-state index is -0.246. The van der Waals surface area contributed by atoms with Crippen LogP contribution in [0.4, 0.5) is 0 Å². The maximum Gasteiger partial charge on any atom is 0.271 e. The molecule has 1 N–H and O–H groups in total. The van der Waals surface area contributed by atoms with E-state index in [1.807, 2.05) is 13.8 Å². The first kappa shape index (κ1) is 17.5. The number of ether oxygens (including phenoxy) is 1. The predicted octanol–water partition coefficient (Wildman–Crippen LogP) is 3.99. The van der Waals surface area contributed by atoms with E-state index in [9.17, 15) is 4.79 Å². The van der Waals surface area contributed by atoms with Crippen molar-refractivity contribution < 1.29 is 9.53 Å². The number of hydrazone groups is 1. The highest BCUT2D eigenvalue weighted by Crippen LogP contribution is 2.21. The fourth-order valence-corrected chi connectivity index (χ4v) is 3.16. The zero-order chi connectivity index (χ0) is 17.0. The molecule has 0 aliphatic carbocycles. The van der Waals surface area contributed by atoms with E-state index in [4.69, 9.17) is 4.74 Å². The number of halogens is 1. The van der Waals surface area contributed by atoms with E-state index in [0.717, 1.165) is 26.0 Å². The van der Waals surface area contributed by atoms with Gasteiger partial charge in [-0.2, -0.15) is 5.10 Å². The number of nitrogens with zero attached hydrogens (tertiary/aromatic N) is 1. The second kappa shape index (κ2) is 7.59. The van der Waals surface area contributed by atoms with Gasteiger partial charge in [0.25, 0.3) is 5.91 Å². The minimum Gasteiger partial charge on any atom is -0.496 e. The lowest BCUT2D eigenvalue weighted by molar-refractivity contribution is 0.0955. The first-order valence-electron chi connectivity index (χ1n) is 7.17. The lowest BCUT2D eigenvalue weighted by Crippen LogP contribution is -2.18. The predicted molar refractivity (Wildman–Crippen MR) is 101 cm³/mol. The highest BCUT2D eigenvalue weighted by molar-refractivity contribution is 14.1. The van der Waals surface area contributed by atoms with Gasteiger partial charge in [-0.1, -0.05) is 17.7 Å². The van der Waals surface area contributed by atoms with Gasteiger partial charge in [0.1, 0.15) is 5.75 Å². The van der Waals surface area contributed by atoms with Crippen molar-refractivity contribution in [1.29, 1.82) is 0 Å². The molecule has 0 fully saturated rings. The van der Waals surface area contributed by atoms with Crippen LogP contribution in [-0.2, 0) is 0 Å². The zero-order valence-electron chi connectivity index (χ0n) is 13.6. The molecule has 0 unspecified atom stereocenters. The van der Waals surface area contributed by atoms with Crippen LogP contribution >= 0.6 is 22.6 Å². The molecule has 0 aliphatic rings. The molecule has 0 heterocycles. The smallest absolute Gasteiger partial charge is 0.271 e. The van der Waals surface area contributed by atoms with Gasteiger partial charge in [-0.3, -0.25) is 4.79 Å². The van der Waals surface area contributed by atoms with Crippen LogP contribution in [0.25, 0.3) is 0 Å². The lowest BCUT2D eigenvalue weighted by atomic mass is 10.0. The van der Waals surface area contributed by atoms with Crippen molar-refractivity contribution in [2.24, 2.45) is 5.10 Å². The number of rotatable bonds is 4. The summed E-state index contributed by atoms with van der Waals surface area (Å²) in [6.45, 7) is 6.14. The molecule has 0 saturated carbocycles. The number of carbonyl (C=O) groups is 1. The number of carbonyl (C=O) groups excluding carboxylic acids is 1. The molecular formula is C18H19IN2O2. The van der Waals surface area contributed by atoms with E-state index in [0.29, 0.717) is 5.56 Å². The summed E-state index contributed by atoms with van der Waals surface area (Å²) in [5.41, 5.74) is 7.64. The SMILES string of the molecule is COc1ccc(C(=O)N/N=C/c2c(C)cc(C)cc2C)cc1I. The van der Waals surface area contributed by atoms with Crippen molar-refractivity contribution in [1.82, 2.24) is 5.43 Å². The Morgan fingerprint density at radius 1 is 1.17 bits per heavy atom. The summed E-state index contributed by atoms with van der Waals surface area (Å²) >= 11 is 2.13. The van der Waals surface area contributed by atoms with Crippen LogP contribution in [0.15, 0.2) is 35.4 Å². The largest absolute Gasteiger partial charge is 0.496 e. The second-order valence-corrected chi connectivity index (χ2v) is 6.52. The summed E-state index contributed by atoms with van der Waals surface area (Å²) < 4.78 is 6.07. The molecule has 0 aliphatic heterocycles. The van der Waals surface area contributed by atoms with Gasteiger partial charge < -0.3 is 4.74 Å². The van der Waals surface area contributed by atoms with Crippen LogP contribution in [0, 0.1) is 24.3 Å². The molecule has 0 spiro atoms. The topological polar surface area (TPSA) is 50.7 Å². The summed E-state index contributed by atoms with van der Waals surface area (Å²) in [5, 5.41) is 4.08. The third kappa shape index (κ3) is 4.31. The fraction of sp³-hybridized carbons (Fsp3) is 0.222. The number of hydrogen-bond donors (Lipinski definition) is 1. The highest BCUT2D eigenvalue weighted by Gasteiger charge is 2.08. The minimum absolute atomic E-state index is 0.246. The van der Waals surface area contributed by atoms with Crippen molar-refractivity contribution in [3.8, 4) is 5.75 Å². The number of benzene rings is 2. The number of methoxy groups -OCH3 is 1. The van der Waals surface area contributed by atoms with Gasteiger partial charge in [0.2, 0.25) is 0 Å². The molecule has 0 saturated heterocycles. The van der Waals surface area contributed by atoms with Crippen molar-refractivity contribution >= 4 is 34.7 Å². The van der Waals surface area contributed by atoms with Gasteiger partial charge in [0, 0.05) is 11.1 Å². The van der Waals surface area contributed by atoms with E-state index >= 15 is 0 Å². The molecule has 0 bridgehead atoms. The first-order chi connectivity index (χ1) is 10.9. The molecule has 0 atom stereocenters. The van der Waals surface area contributed by atoms with E-state index < -0.39 is 0 Å². The Hall–Kier alpha value is -1.89. The molecule has 4 nitrogen and oxygen atoms in total. The van der Waals surface area contributed by atoms with E-state index in [1.165, 1.54) is 5.56 Å². The van der Waals surface area contributed by atoms with E-state index in [-0.39, 0.29) is 5.91 Å². The highest BCUT2D eigenvalue weighted by atomic mass is 127. The number of amides is 1. The second-order valence-electron chi connectivity index (χ2n) is 5.36. The third-order valence-electron chi connectivity index (χ3n) is 3.51. The molecule has 2 aromatic rings. The van der Waals surface area contributed by atoms with Crippen LogP contribution < -0.4 is 10.2 Å². The molecule has 1 amide bonds. The molecule has 23 heavy (non-hydrogen) atoms. The molecule has 0 radical (unpaired) electrons. The van der Waals surface area contributed by atoms with Gasteiger partial charge in [0.05, 0.1) is 16.9 Å². The lowest BCUT2D eigenvalue weighted by Gasteiger charge is -2.07. The summed E-state index contributed by atoms with van der Waals surface area (Å²) in [4.78, 5) is 12.1. The summed E-state index contributed by atoms with van der Waals surface area (Å²) in [7, 11) is 1.60. The normalized spacial score (nSPS) is 10.8. The average molecular weight is 422 g/mol. The molecule has 120 valence electrons. The van der Waals surface area contributed by atoms with Gasteiger partial charge in [-0.25, -0.2) is 5.43 Å². The van der Waals surface area contributed by atoms with E-state index in [1.54, 1.807) is 31.5 Å². The van der Waals surface area contributed by atoms with Crippen LogP contribution in [0.5, 0.6) is 5.75 Å². The standard InChI is InChI=1S/C18H19IN2O2/c1-11-7-12(2)15(13(3)8-11)10-20-21-18(22)14-5-6-17(23-4)16(19)9-14/h5-10H,1-4H3,(H,21,22)/b20-10+. The Kier molecular flexibility index (Phi) is 5.76. The van der Waals surface area contributed by atoms with Crippen LogP contribution in [0.3, 0.4) is 0 Å². The molecule has 0 aromatic heterocycles. The third-order valence-corrected chi connectivity index (χ3v) is 4.35. The van der Waals surface area contributed by atoms with Gasteiger partial charge >= 0.3 is 0 Å². The maximum atomic E-state index is 12.1. The molecule has 2 aromatic carbocycles. The van der Waals surface area contributed by atoms with E-state index in [2.05, 4.69) is 52.2 Å². The van der Waals surface area contributed by atoms with Crippen LogP contribution in [0.2, 0.25) is 0 Å². The molecule has 2 rings (SSSR count). The average Bonchev–Trinajstić information content (AvgIpc) is 2.49. The molecular weight excluding hydrogens is 403 g/mol. The summed E-state index contributed by atoms with van der Waals surface area (Å²) in [6.07, 6.45) is 1.69. The fourth-order valence-electron chi connectivity index (χ4n) is 2.42. The van der Waals surface area contributed by atoms with Crippen LogP contribution in [-0.4, -0.2) is 19.2 Å². The zero-order valence-corrected chi connectivity index (χ0v) is 15.8. The first-order valence-corrected chi connectivity index (χ1v) is 8.25. The number of nitrogens with one attached hydrogen (secondary N) is 1. The van der Waals surface area contributed by atoms with Gasteiger partial charge in [-0.15, -0.1) is 0 Å². The van der Waals surface area contributed by atoms with Gasteiger partial charge in [-0.05, 0) is 72.7 Å². The Labute approximate surface area is 150 Å². The Morgan fingerprint density at radius 2 is 1.83 bits per heavy atom. The Morgan fingerprint density at radius 3 is 2.39 bits per heavy atom. The molecule has 5 heteroatoms. The maximum absolute atomic E-state index is 12.1. The van der Waals surface area contributed by atoms with Gasteiger partial charge in [0.15, 0.2) is 0 Å². The number of aryl methyl sites for hydroxylation is 3. The monoisotopic (exact) mass is 422 g/mol. The quantitative estimate of drug-likeness (QED) is 0.460. The van der Waals surface area contributed by atoms with Crippen molar-refractivity contribution in [3.05, 3.63) is 61.7 Å². The summed E-state index contributed by atoms with van der Waals surface area (Å²) in [6, 6.07) is 9.46.